The summed E-state index contributed by atoms with van der Waals surface area (Å²) in [6.07, 6.45) is 4.77. The second kappa shape index (κ2) is 5.88. The molecule has 0 bridgehead atoms. The van der Waals surface area contributed by atoms with E-state index in [1.807, 2.05) is 13.0 Å². The Kier molecular flexibility index (Phi) is 3.95. The zero-order chi connectivity index (χ0) is 14.8. The predicted octanol–water partition coefficient (Wildman–Crippen LogP) is 3.16. The molecule has 1 fully saturated rings. The van der Waals surface area contributed by atoms with Gasteiger partial charge in [-0.1, -0.05) is 13.0 Å². The Hall–Kier alpha value is -1.84. The molecule has 0 spiro atoms. The molecule has 4 heteroatoms. The molecule has 0 atom stereocenters. The summed E-state index contributed by atoms with van der Waals surface area (Å²) in [5.74, 6) is 1.30. The van der Waals surface area contributed by atoms with Crippen molar-refractivity contribution in [2.75, 3.05) is 6.54 Å². The number of oxazole rings is 1. The molecule has 1 saturated carbocycles. The van der Waals surface area contributed by atoms with Crippen molar-refractivity contribution in [2.24, 2.45) is 5.92 Å². The summed E-state index contributed by atoms with van der Waals surface area (Å²) in [6.45, 7) is 4.89. The number of aryl methyl sites for hydroxylation is 3. The van der Waals surface area contributed by atoms with E-state index in [1.54, 1.807) is 0 Å². The second-order valence-corrected chi connectivity index (χ2v) is 5.84. The van der Waals surface area contributed by atoms with Gasteiger partial charge in [-0.3, -0.25) is 4.79 Å². The smallest absolute Gasteiger partial charge is 0.223 e. The van der Waals surface area contributed by atoms with E-state index in [1.165, 1.54) is 11.1 Å². The van der Waals surface area contributed by atoms with Crippen LogP contribution < -0.4 is 5.32 Å². The van der Waals surface area contributed by atoms with E-state index in [0.29, 0.717) is 0 Å². The van der Waals surface area contributed by atoms with Gasteiger partial charge in [0.25, 0.3) is 0 Å². The molecule has 112 valence electrons. The van der Waals surface area contributed by atoms with Crippen LogP contribution in [0, 0.1) is 12.8 Å². The van der Waals surface area contributed by atoms with Crippen molar-refractivity contribution in [1.29, 1.82) is 0 Å². The third kappa shape index (κ3) is 3.09. The Morgan fingerprint density at radius 2 is 2.24 bits per heavy atom. The molecular weight excluding hydrogens is 264 g/mol. The molecule has 0 unspecified atom stereocenters. The Labute approximate surface area is 124 Å². The first-order valence-electron chi connectivity index (χ1n) is 7.84. The number of nitrogens with one attached hydrogen (secondary N) is 1. The molecule has 0 aliphatic heterocycles. The van der Waals surface area contributed by atoms with E-state index >= 15 is 0 Å². The number of carbonyl (C=O) groups excluding carboxylic acids is 1. The Balaban J connectivity index is 1.66. The van der Waals surface area contributed by atoms with Crippen LogP contribution in [0.3, 0.4) is 0 Å². The van der Waals surface area contributed by atoms with Crippen LogP contribution in [-0.4, -0.2) is 17.4 Å². The lowest BCUT2D eigenvalue weighted by Gasteiger charge is -2.07. The van der Waals surface area contributed by atoms with Crippen molar-refractivity contribution in [1.82, 2.24) is 10.3 Å². The van der Waals surface area contributed by atoms with Gasteiger partial charge in [0.05, 0.1) is 0 Å². The van der Waals surface area contributed by atoms with Gasteiger partial charge in [0.2, 0.25) is 5.91 Å². The van der Waals surface area contributed by atoms with Gasteiger partial charge in [-0.15, -0.1) is 0 Å². The second-order valence-electron chi connectivity index (χ2n) is 5.84. The number of hydrogen-bond donors (Lipinski definition) is 1. The number of carbonyl (C=O) groups is 1. The van der Waals surface area contributed by atoms with Crippen molar-refractivity contribution in [3.05, 3.63) is 29.2 Å². The molecule has 0 radical (unpaired) electrons. The molecule has 1 amide bonds. The number of hydrogen-bond acceptors (Lipinski definition) is 3. The first-order valence-corrected chi connectivity index (χ1v) is 7.84. The Bertz CT molecular complexity index is 656. The minimum Gasteiger partial charge on any atom is -0.440 e. The van der Waals surface area contributed by atoms with Gasteiger partial charge < -0.3 is 9.73 Å². The van der Waals surface area contributed by atoms with Crippen molar-refractivity contribution in [2.45, 2.75) is 46.0 Å². The van der Waals surface area contributed by atoms with Crippen LogP contribution in [0.15, 0.2) is 16.5 Å². The van der Waals surface area contributed by atoms with E-state index in [4.69, 9.17) is 4.42 Å². The van der Waals surface area contributed by atoms with Crippen LogP contribution in [0.1, 0.15) is 43.2 Å². The minimum absolute atomic E-state index is 0.220. The fraction of sp³-hybridized carbons (Fsp3) is 0.529. The van der Waals surface area contributed by atoms with Gasteiger partial charge >= 0.3 is 0 Å². The maximum absolute atomic E-state index is 11.6. The highest BCUT2D eigenvalue weighted by molar-refractivity contribution is 5.80. The van der Waals surface area contributed by atoms with Gasteiger partial charge in [0.1, 0.15) is 5.52 Å². The molecule has 1 heterocycles. The average Bonchev–Trinajstić information content (AvgIpc) is 3.25. The molecule has 0 saturated heterocycles. The molecule has 21 heavy (non-hydrogen) atoms. The number of rotatable bonds is 6. The standard InChI is InChI=1S/C17H22N2O2/c1-3-15-19-14-9-6-11(2)13(16(14)21-15)5-4-10-18-17(20)12-7-8-12/h6,9,12H,3-5,7-8,10H2,1-2H3,(H,18,20). The van der Waals surface area contributed by atoms with Crippen molar-refractivity contribution < 1.29 is 9.21 Å². The molecule has 1 aromatic carbocycles. The highest BCUT2D eigenvalue weighted by Crippen LogP contribution is 2.28. The van der Waals surface area contributed by atoms with E-state index in [9.17, 15) is 4.79 Å². The van der Waals surface area contributed by atoms with Crippen LogP contribution in [-0.2, 0) is 17.6 Å². The van der Waals surface area contributed by atoms with Crippen LogP contribution in [0.2, 0.25) is 0 Å². The van der Waals surface area contributed by atoms with Crippen molar-refractivity contribution in [3.8, 4) is 0 Å². The molecule has 1 aromatic heterocycles. The lowest BCUT2D eigenvalue weighted by Crippen LogP contribution is -2.26. The molecule has 1 N–H and O–H groups in total. The maximum atomic E-state index is 11.6. The molecule has 1 aliphatic carbocycles. The van der Waals surface area contributed by atoms with E-state index < -0.39 is 0 Å². The van der Waals surface area contributed by atoms with Crippen LogP contribution >= 0.6 is 0 Å². The molecule has 1 aliphatic rings. The first kappa shape index (κ1) is 14.1. The van der Waals surface area contributed by atoms with E-state index in [2.05, 4.69) is 23.3 Å². The fourth-order valence-electron chi connectivity index (χ4n) is 2.62. The molecule has 4 nitrogen and oxygen atoms in total. The first-order chi connectivity index (χ1) is 10.2. The topological polar surface area (TPSA) is 55.1 Å². The summed E-state index contributed by atoms with van der Waals surface area (Å²) in [5, 5.41) is 3.01. The SMILES string of the molecule is CCc1nc2ccc(C)c(CCCNC(=O)C3CC3)c2o1. The monoisotopic (exact) mass is 286 g/mol. The summed E-state index contributed by atoms with van der Waals surface area (Å²) >= 11 is 0. The van der Waals surface area contributed by atoms with Gasteiger partial charge in [-0.05, 0) is 44.2 Å². The lowest BCUT2D eigenvalue weighted by atomic mass is 10.0. The zero-order valence-corrected chi connectivity index (χ0v) is 12.7. The summed E-state index contributed by atoms with van der Waals surface area (Å²) in [4.78, 5) is 16.1. The number of fused-ring (bicyclic) bond motifs is 1. The molecule has 3 rings (SSSR count). The number of benzene rings is 1. The molecule has 2 aromatic rings. The summed E-state index contributed by atoms with van der Waals surface area (Å²) in [5.41, 5.74) is 4.31. The number of nitrogens with zero attached hydrogens (tertiary/aromatic N) is 1. The summed E-state index contributed by atoms with van der Waals surface area (Å²) in [6, 6.07) is 4.12. The summed E-state index contributed by atoms with van der Waals surface area (Å²) < 4.78 is 5.86. The fourth-order valence-corrected chi connectivity index (χ4v) is 2.62. The van der Waals surface area contributed by atoms with Crippen molar-refractivity contribution in [3.63, 3.8) is 0 Å². The normalized spacial score (nSPS) is 14.6. The van der Waals surface area contributed by atoms with Gasteiger partial charge in [0, 0.05) is 24.4 Å². The van der Waals surface area contributed by atoms with E-state index in [-0.39, 0.29) is 11.8 Å². The van der Waals surface area contributed by atoms with Crippen LogP contribution in [0.25, 0.3) is 11.1 Å². The number of amides is 1. The minimum atomic E-state index is 0.220. The van der Waals surface area contributed by atoms with Gasteiger partial charge in [-0.2, -0.15) is 0 Å². The Morgan fingerprint density at radius 1 is 1.43 bits per heavy atom. The van der Waals surface area contributed by atoms with Crippen LogP contribution in [0.4, 0.5) is 0 Å². The quantitative estimate of drug-likeness (QED) is 0.830. The van der Waals surface area contributed by atoms with Crippen molar-refractivity contribution >= 4 is 17.0 Å². The van der Waals surface area contributed by atoms with Gasteiger partial charge in [0.15, 0.2) is 11.5 Å². The number of aromatic nitrogens is 1. The van der Waals surface area contributed by atoms with E-state index in [0.717, 1.165) is 55.6 Å². The largest absolute Gasteiger partial charge is 0.440 e. The lowest BCUT2D eigenvalue weighted by molar-refractivity contribution is -0.122. The highest BCUT2D eigenvalue weighted by Gasteiger charge is 2.28. The maximum Gasteiger partial charge on any atom is 0.223 e. The average molecular weight is 286 g/mol. The predicted molar refractivity (Wildman–Crippen MR) is 82.2 cm³/mol. The summed E-state index contributed by atoms with van der Waals surface area (Å²) in [7, 11) is 0. The van der Waals surface area contributed by atoms with Crippen LogP contribution in [0.5, 0.6) is 0 Å². The Morgan fingerprint density at radius 3 is 2.95 bits per heavy atom. The third-order valence-corrected chi connectivity index (χ3v) is 4.09. The molecular formula is C17H22N2O2. The highest BCUT2D eigenvalue weighted by atomic mass is 16.3. The zero-order valence-electron chi connectivity index (χ0n) is 12.7. The third-order valence-electron chi connectivity index (χ3n) is 4.09. The van der Waals surface area contributed by atoms with Gasteiger partial charge in [-0.25, -0.2) is 4.98 Å².